The molecule has 0 radical (unpaired) electrons. The van der Waals surface area contributed by atoms with E-state index in [0.29, 0.717) is 42.4 Å². The van der Waals surface area contributed by atoms with Crippen LogP contribution in [-0.2, 0) is 4.79 Å². The second-order valence-electron chi connectivity index (χ2n) is 6.17. The number of ether oxygens (including phenoxy) is 4. The minimum Gasteiger partial charge on any atom is -0.490 e. The zero-order valence-corrected chi connectivity index (χ0v) is 18.8. The van der Waals surface area contributed by atoms with Crippen molar-refractivity contribution < 1.29 is 33.6 Å². The van der Waals surface area contributed by atoms with Crippen LogP contribution in [0.5, 0.6) is 23.0 Å². The van der Waals surface area contributed by atoms with Crippen molar-refractivity contribution in [3.63, 3.8) is 0 Å². The van der Waals surface area contributed by atoms with Crippen molar-refractivity contribution >= 4 is 29.7 Å². The molecule has 0 aliphatic rings. The van der Waals surface area contributed by atoms with Gasteiger partial charge >= 0.3 is 5.97 Å². The van der Waals surface area contributed by atoms with Crippen molar-refractivity contribution in [2.24, 2.45) is 5.10 Å². The van der Waals surface area contributed by atoms with Crippen LogP contribution in [0, 0.1) is 0 Å². The third-order valence-electron chi connectivity index (χ3n) is 3.86. The van der Waals surface area contributed by atoms with E-state index < -0.39 is 18.5 Å². The highest BCUT2D eigenvalue weighted by Gasteiger charge is 2.14. The number of carboxylic acid groups (broad SMARTS) is 1. The number of hydrazone groups is 1. The van der Waals surface area contributed by atoms with Gasteiger partial charge in [-0.1, -0.05) is 11.6 Å². The van der Waals surface area contributed by atoms with E-state index in [1.54, 1.807) is 31.2 Å². The second-order valence-corrected chi connectivity index (χ2v) is 6.58. The van der Waals surface area contributed by atoms with Crippen LogP contribution in [0.15, 0.2) is 35.4 Å². The van der Waals surface area contributed by atoms with Crippen molar-refractivity contribution in [3.8, 4) is 23.0 Å². The monoisotopic (exact) mass is 464 g/mol. The highest BCUT2D eigenvalue weighted by Crippen LogP contribution is 2.36. The number of rotatable bonds is 12. The minimum atomic E-state index is -1.14. The predicted octanol–water partition coefficient (Wildman–Crippen LogP) is 3.76. The number of amides is 1. The van der Waals surface area contributed by atoms with E-state index in [1.807, 2.05) is 13.8 Å². The Bertz CT molecular complexity index is 979. The molecule has 0 aromatic heterocycles. The van der Waals surface area contributed by atoms with Crippen LogP contribution in [-0.4, -0.2) is 49.6 Å². The summed E-state index contributed by atoms with van der Waals surface area (Å²) in [5, 5.41) is 12.9. The van der Waals surface area contributed by atoms with Crippen molar-refractivity contribution in [3.05, 3.63) is 46.5 Å². The van der Waals surface area contributed by atoms with Gasteiger partial charge in [0.15, 0.2) is 29.6 Å². The van der Waals surface area contributed by atoms with Crippen LogP contribution < -0.4 is 24.4 Å². The Morgan fingerprint density at radius 2 is 1.62 bits per heavy atom. The molecule has 0 spiro atoms. The minimum absolute atomic E-state index is 0.120. The highest BCUT2D eigenvalue weighted by atomic mass is 35.5. The molecular weight excluding hydrogens is 440 g/mol. The fourth-order valence-corrected chi connectivity index (χ4v) is 2.90. The first-order valence-electron chi connectivity index (χ1n) is 9.93. The van der Waals surface area contributed by atoms with Gasteiger partial charge in [0.1, 0.15) is 0 Å². The molecule has 2 N–H and O–H groups in total. The smallest absolute Gasteiger partial charge is 0.341 e. The van der Waals surface area contributed by atoms with Gasteiger partial charge in [-0.3, -0.25) is 4.79 Å². The topological polar surface area (TPSA) is 116 Å². The Hall–Kier alpha value is -3.46. The summed E-state index contributed by atoms with van der Waals surface area (Å²) in [6, 6.07) is 7.94. The molecule has 0 aliphatic heterocycles. The summed E-state index contributed by atoms with van der Waals surface area (Å²) in [7, 11) is 0. The number of aliphatic carboxylic acids is 1. The Labute approximate surface area is 190 Å². The Kier molecular flexibility index (Phi) is 9.62. The number of carboxylic acids is 1. The summed E-state index contributed by atoms with van der Waals surface area (Å²) in [5.41, 5.74) is 3.30. The van der Waals surface area contributed by atoms with Crippen LogP contribution in [0.1, 0.15) is 36.7 Å². The van der Waals surface area contributed by atoms with E-state index in [0.717, 1.165) is 0 Å². The third-order valence-corrected chi connectivity index (χ3v) is 4.14. The van der Waals surface area contributed by atoms with Crippen LogP contribution in [0.4, 0.5) is 0 Å². The number of halogens is 1. The zero-order chi connectivity index (χ0) is 23.5. The molecule has 0 fully saturated rings. The number of carbonyl (C=O) groups excluding carboxylic acids is 1. The molecule has 32 heavy (non-hydrogen) atoms. The Balaban J connectivity index is 2.15. The fraction of sp³-hybridized carbons (Fsp3) is 0.318. The SMILES string of the molecule is CCOc1ccc(C(=O)N/N=C/c2cc(Cl)c(OCC(=O)O)c(OCC)c2)cc1OCC. The molecule has 0 atom stereocenters. The Morgan fingerprint density at radius 3 is 2.28 bits per heavy atom. The summed E-state index contributed by atoms with van der Waals surface area (Å²) < 4.78 is 21.7. The van der Waals surface area contributed by atoms with Crippen molar-refractivity contribution in [2.75, 3.05) is 26.4 Å². The second kappa shape index (κ2) is 12.4. The summed E-state index contributed by atoms with van der Waals surface area (Å²) in [5.74, 6) is -0.174. The van der Waals surface area contributed by atoms with Gasteiger partial charge in [0, 0.05) is 5.56 Å². The van der Waals surface area contributed by atoms with Crippen LogP contribution in [0.3, 0.4) is 0 Å². The van der Waals surface area contributed by atoms with E-state index in [1.165, 1.54) is 12.3 Å². The van der Waals surface area contributed by atoms with Crippen LogP contribution >= 0.6 is 11.6 Å². The molecule has 0 aliphatic carbocycles. The van der Waals surface area contributed by atoms with E-state index in [2.05, 4.69) is 10.5 Å². The summed E-state index contributed by atoms with van der Waals surface area (Å²) >= 11 is 6.21. The molecule has 2 aromatic carbocycles. The van der Waals surface area contributed by atoms with E-state index >= 15 is 0 Å². The van der Waals surface area contributed by atoms with Gasteiger partial charge in [-0.05, 0) is 56.7 Å². The maximum Gasteiger partial charge on any atom is 0.341 e. The molecule has 10 heteroatoms. The predicted molar refractivity (Wildman–Crippen MR) is 120 cm³/mol. The number of hydrogen-bond donors (Lipinski definition) is 2. The largest absolute Gasteiger partial charge is 0.490 e. The average molecular weight is 465 g/mol. The quantitative estimate of drug-likeness (QED) is 0.363. The van der Waals surface area contributed by atoms with E-state index in [4.69, 9.17) is 35.7 Å². The number of nitrogens with zero attached hydrogens (tertiary/aromatic N) is 1. The first-order chi connectivity index (χ1) is 15.4. The van der Waals surface area contributed by atoms with Crippen molar-refractivity contribution in [1.82, 2.24) is 5.43 Å². The molecule has 2 rings (SSSR count). The van der Waals surface area contributed by atoms with Crippen LogP contribution in [0.2, 0.25) is 5.02 Å². The number of carbonyl (C=O) groups is 2. The van der Waals surface area contributed by atoms with Crippen molar-refractivity contribution in [2.45, 2.75) is 20.8 Å². The molecule has 0 heterocycles. The first kappa shape index (κ1) is 24.8. The maximum absolute atomic E-state index is 12.5. The van der Waals surface area contributed by atoms with Gasteiger partial charge in [-0.15, -0.1) is 0 Å². The molecule has 1 amide bonds. The van der Waals surface area contributed by atoms with Crippen molar-refractivity contribution in [1.29, 1.82) is 0 Å². The van der Waals surface area contributed by atoms with Gasteiger partial charge in [-0.25, -0.2) is 10.2 Å². The lowest BCUT2D eigenvalue weighted by Gasteiger charge is -2.13. The standard InChI is InChI=1S/C22H25ClN2O7/c1-4-29-17-8-7-15(11-18(17)30-5-2)22(28)25-24-12-14-9-16(23)21(32-13-20(26)27)19(10-14)31-6-3/h7-12H,4-6,13H2,1-3H3,(H,25,28)(H,26,27)/b24-12+. The van der Waals surface area contributed by atoms with Gasteiger partial charge in [0.2, 0.25) is 0 Å². The summed E-state index contributed by atoms with van der Waals surface area (Å²) in [6.45, 7) is 6.13. The summed E-state index contributed by atoms with van der Waals surface area (Å²) in [6.07, 6.45) is 1.38. The third kappa shape index (κ3) is 7.05. The molecule has 172 valence electrons. The molecule has 2 aromatic rings. The number of benzene rings is 2. The fourth-order valence-electron chi connectivity index (χ4n) is 2.62. The molecule has 0 bridgehead atoms. The van der Waals surface area contributed by atoms with E-state index in [-0.39, 0.29) is 16.5 Å². The highest BCUT2D eigenvalue weighted by molar-refractivity contribution is 6.32. The maximum atomic E-state index is 12.5. The lowest BCUT2D eigenvalue weighted by atomic mass is 10.2. The van der Waals surface area contributed by atoms with Crippen LogP contribution in [0.25, 0.3) is 0 Å². The zero-order valence-electron chi connectivity index (χ0n) is 18.0. The molecule has 0 saturated carbocycles. The molecular formula is C22H25ClN2O7. The number of hydrogen-bond acceptors (Lipinski definition) is 7. The lowest BCUT2D eigenvalue weighted by molar-refractivity contribution is -0.139. The Morgan fingerprint density at radius 1 is 0.969 bits per heavy atom. The van der Waals surface area contributed by atoms with Gasteiger partial charge < -0.3 is 24.1 Å². The number of nitrogens with one attached hydrogen (secondary N) is 1. The summed E-state index contributed by atoms with van der Waals surface area (Å²) in [4.78, 5) is 23.2. The van der Waals surface area contributed by atoms with Gasteiger partial charge in [0.25, 0.3) is 5.91 Å². The normalized spacial score (nSPS) is 10.6. The molecule has 0 saturated heterocycles. The van der Waals surface area contributed by atoms with E-state index in [9.17, 15) is 9.59 Å². The molecule has 9 nitrogen and oxygen atoms in total. The van der Waals surface area contributed by atoms with Gasteiger partial charge in [0.05, 0.1) is 31.1 Å². The average Bonchev–Trinajstić information content (AvgIpc) is 2.74. The first-order valence-corrected chi connectivity index (χ1v) is 10.3. The lowest BCUT2D eigenvalue weighted by Crippen LogP contribution is -2.17. The molecule has 0 unspecified atom stereocenters. The van der Waals surface area contributed by atoms with Gasteiger partial charge in [-0.2, -0.15) is 5.10 Å².